The lowest BCUT2D eigenvalue weighted by atomic mass is 9.83. The summed E-state index contributed by atoms with van der Waals surface area (Å²) in [5.41, 5.74) is 8.79. The number of nitrogens with zero attached hydrogens (tertiary/aromatic N) is 3. The van der Waals surface area contributed by atoms with E-state index in [1.807, 2.05) is 26.0 Å². The van der Waals surface area contributed by atoms with Gasteiger partial charge >= 0.3 is 5.97 Å². The highest BCUT2D eigenvalue weighted by atomic mass is 35.5. The van der Waals surface area contributed by atoms with Crippen molar-refractivity contribution in [3.05, 3.63) is 80.5 Å². The summed E-state index contributed by atoms with van der Waals surface area (Å²) >= 11 is 7.63. The fourth-order valence-corrected chi connectivity index (χ4v) is 4.74. The molecule has 0 aliphatic carbocycles. The predicted molar refractivity (Wildman–Crippen MR) is 120 cm³/mol. The van der Waals surface area contributed by atoms with E-state index in [2.05, 4.69) is 11.1 Å². The van der Waals surface area contributed by atoms with E-state index in [1.165, 1.54) is 18.9 Å². The third-order valence-corrected chi connectivity index (χ3v) is 6.20. The SMILES string of the molecule is COC(=O)C1=C(CSc2nc(C)cc(C)c2C#N)OC(N)=C(C#N)[C@@H]1c1ccccc1Cl. The summed E-state index contributed by atoms with van der Waals surface area (Å²) in [7, 11) is 1.25. The fourth-order valence-electron chi connectivity index (χ4n) is 3.46. The molecule has 32 heavy (non-hydrogen) atoms. The molecule has 3 rings (SSSR count). The van der Waals surface area contributed by atoms with Crippen molar-refractivity contribution in [2.75, 3.05) is 12.9 Å². The van der Waals surface area contributed by atoms with Gasteiger partial charge in [-0.3, -0.25) is 0 Å². The van der Waals surface area contributed by atoms with Gasteiger partial charge in [-0.25, -0.2) is 9.78 Å². The van der Waals surface area contributed by atoms with E-state index < -0.39 is 11.9 Å². The van der Waals surface area contributed by atoms with Gasteiger partial charge in [0.15, 0.2) is 0 Å². The van der Waals surface area contributed by atoms with Crippen molar-refractivity contribution < 1.29 is 14.3 Å². The number of nitriles is 2. The summed E-state index contributed by atoms with van der Waals surface area (Å²) in [5, 5.41) is 20.2. The molecule has 0 spiro atoms. The lowest BCUT2D eigenvalue weighted by Crippen LogP contribution is -2.26. The monoisotopic (exact) mass is 466 g/mol. The molecule has 1 aromatic carbocycles. The highest BCUT2D eigenvalue weighted by Crippen LogP contribution is 2.43. The first-order chi connectivity index (χ1) is 15.3. The lowest BCUT2D eigenvalue weighted by Gasteiger charge is -2.28. The number of nitrogens with two attached hydrogens (primary N) is 1. The molecular formula is C23H19ClN4O3S. The van der Waals surface area contributed by atoms with Crippen LogP contribution in [0.15, 0.2) is 58.1 Å². The quantitative estimate of drug-likeness (QED) is 0.512. The van der Waals surface area contributed by atoms with Crippen molar-refractivity contribution >= 4 is 29.3 Å². The van der Waals surface area contributed by atoms with Crippen molar-refractivity contribution in [2.24, 2.45) is 5.73 Å². The Morgan fingerprint density at radius 2 is 2.03 bits per heavy atom. The van der Waals surface area contributed by atoms with Crippen molar-refractivity contribution in [3.63, 3.8) is 0 Å². The van der Waals surface area contributed by atoms with Crippen LogP contribution in [0.3, 0.4) is 0 Å². The number of benzene rings is 1. The molecule has 2 heterocycles. The van der Waals surface area contributed by atoms with Crippen LogP contribution in [0, 0.1) is 36.5 Å². The number of hydrogen-bond acceptors (Lipinski definition) is 8. The number of methoxy groups -OCH3 is 1. The second kappa shape index (κ2) is 9.78. The van der Waals surface area contributed by atoms with Gasteiger partial charge in [-0.05, 0) is 37.1 Å². The third kappa shape index (κ3) is 4.43. The highest BCUT2D eigenvalue weighted by Gasteiger charge is 2.38. The van der Waals surface area contributed by atoms with Crippen LogP contribution in [0.5, 0.6) is 0 Å². The molecule has 0 unspecified atom stereocenters. The molecule has 0 amide bonds. The number of aryl methyl sites for hydroxylation is 2. The Kier molecular flexibility index (Phi) is 7.09. The number of carbonyl (C=O) groups is 1. The van der Waals surface area contributed by atoms with Gasteiger partial charge in [-0.2, -0.15) is 10.5 Å². The molecule has 2 aromatic rings. The predicted octanol–water partition coefficient (Wildman–Crippen LogP) is 4.25. The normalized spacial score (nSPS) is 15.6. The maximum atomic E-state index is 12.8. The van der Waals surface area contributed by atoms with Gasteiger partial charge in [-0.15, -0.1) is 0 Å². The molecule has 1 aromatic heterocycles. The van der Waals surface area contributed by atoms with Crippen LogP contribution in [0.1, 0.15) is 28.3 Å². The van der Waals surface area contributed by atoms with Gasteiger partial charge < -0.3 is 15.2 Å². The standard InChI is InChI=1S/C23H19ClN4O3S/c1-12-8-13(2)28-22(15(12)9-25)32-11-18-20(23(29)30-3)19(16(10-26)21(27)31-18)14-6-4-5-7-17(14)24/h4-8,19H,11,27H2,1-3H3/t19-/m0/s1. The number of rotatable bonds is 5. The van der Waals surface area contributed by atoms with E-state index in [1.54, 1.807) is 24.3 Å². The Balaban J connectivity index is 2.13. The van der Waals surface area contributed by atoms with Crippen molar-refractivity contribution in [2.45, 2.75) is 24.8 Å². The number of esters is 1. The molecule has 0 saturated heterocycles. The summed E-state index contributed by atoms with van der Waals surface area (Å²) in [6, 6.07) is 12.9. The average Bonchev–Trinajstić information content (AvgIpc) is 2.76. The molecule has 162 valence electrons. The van der Waals surface area contributed by atoms with E-state index in [9.17, 15) is 15.3 Å². The Labute approximate surface area is 195 Å². The zero-order chi connectivity index (χ0) is 23.4. The van der Waals surface area contributed by atoms with Crippen molar-refractivity contribution in [1.82, 2.24) is 4.98 Å². The number of aromatic nitrogens is 1. The minimum atomic E-state index is -0.854. The zero-order valence-corrected chi connectivity index (χ0v) is 19.2. The van der Waals surface area contributed by atoms with E-state index >= 15 is 0 Å². The van der Waals surface area contributed by atoms with Crippen LogP contribution in [-0.2, 0) is 14.3 Å². The smallest absolute Gasteiger partial charge is 0.338 e. The molecule has 1 atom stereocenters. The molecule has 9 heteroatoms. The molecule has 7 nitrogen and oxygen atoms in total. The molecule has 1 aliphatic rings. The number of ether oxygens (including phenoxy) is 2. The van der Waals surface area contributed by atoms with Crippen molar-refractivity contribution in [3.8, 4) is 12.1 Å². The number of carbonyl (C=O) groups excluding carboxylic acids is 1. The lowest BCUT2D eigenvalue weighted by molar-refractivity contribution is -0.136. The minimum Gasteiger partial charge on any atom is -0.466 e. The molecular weight excluding hydrogens is 448 g/mol. The van der Waals surface area contributed by atoms with Crippen LogP contribution in [0.25, 0.3) is 0 Å². The van der Waals surface area contributed by atoms with Crippen molar-refractivity contribution in [1.29, 1.82) is 10.5 Å². The highest BCUT2D eigenvalue weighted by molar-refractivity contribution is 7.99. The Morgan fingerprint density at radius 3 is 2.66 bits per heavy atom. The second-order valence-corrected chi connectivity index (χ2v) is 8.31. The second-order valence-electron chi connectivity index (χ2n) is 6.94. The number of pyridine rings is 1. The number of hydrogen-bond donors (Lipinski definition) is 1. The molecule has 0 radical (unpaired) electrons. The van der Waals surface area contributed by atoms with Gasteiger partial charge in [-0.1, -0.05) is 41.6 Å². The first-order valence-corrected chi connectivity index (χ1v) is 10.8. The first-order valence-electron chi connectivity index (χ1n) is 9.46. The number of allylic oxidation sites excluding steroid dienone is 1. The maximum Gasteiger partial charge on any atom is 0.338 e. The summed E-state index contributed by atoms with van der Waals surface area (Å²) in [5.74, 6) is -1.29. The van der Waals surface area contributed by atoms with Gasteiger partial charge in [0.05, 0.1) is 29.9 Å². The first kappa shape index (κ1) is 23.2. The van der Waals surface area contributed by atoms with E-state index in [4.69, 9.17) is 26.8 Å². The topological polar surface area (TPSA) is 122 Å². The summed E-state index contributed by atoms with van der Waals surface area (Å²) < 4.78 is 10.7. The van der Waals surface area contributed by atoms with E-state index in [0.717, 1.165) is 11.3 Å². The molecule has 0 fully saturated rings. The summed E-state index contributed by atoms with van der Waals surface area (Å²) in [6.45, 7) is 3.67. The maximum absolute atomic E-state index is 12.8. The van der Waals surface area contributed by atoms with Gasteiger partial charge in [0.2, 0.25) is 5.88 Å². The van der Waals surface area contributed by atoms with Gasteiger partial charge in [0, 0.05) is 10.7 Å². The van der Waals surface area contributed by atoms with Crippen LogP contribution in [0.4, 0.5) is 0 Å². The van der Waals surface area contributed by atoms with E-state index in [0.29, 0.717) is 21.2 Å². The molecule has 0 bridgehead atoms. The van der Waals surface area contributed by atoms with Gasteiger partial charge in [0.25, 0.3) is 0 Å². The summed E-state index contributed by atoms with van der Waals surface area (Å²) in [6.07, 6.45) is 0. The number of thioether (sulfide) groups is 1. The van der Waals surface area contributed by atoms with Gasteiger partial charge in [0.1, 0.15) is 28.5 Å². The Bertz CT molecular complexity index is 1240. The van der Waals surface area contributed by atoms with Crippen LogP contribution in [-0.4, -0.2) is 23.8 Å². The third-order valence-electron chi connectivity index (χ3n) is 4.88. The fraction of sp³-hybridized carbons (Fsp3) is 0.217. The zero-order valence-electron chi connectivity index (χ0n) is 17.6. The molecule has 2 N–H and O–H groups in total. The van der Waals surface area contributed by atoms with E-state index in [-0.39, 0.29) is 28.5 Å². The largest absolute Gasteiger partial charge is 0.466 e. The Morgan fingerprint density at radius 1 is 1.31 bits per heavy atom. The number of halogens is 1. The average molecular weight is 467 g/mol. The minimum absolute atomic E-state index is 0.0643. The Hall–Kier alpha value is -3.46. The van der Waals surface area contributed by atoms with Crippen LogP contribution in [0.2, 0.25) is 5.02 Å². The van der Waals surface area contributed by atoms with Crippen LogP contribution < -0.4 is 5.73 Å². The summed E-state index contributed by atoms with van der Waals surface area (Å²) in [4.78, 5) is 17.3. The molecule has 1 aliphatic heterocycles. The molecule has 0 saturated carbocycles. The van der Waals surface area contributed by atoms with Crippen LogP contribution >= 0.6 is 23.4 Å².